The number of hydrogen-bond donors (Lipinski definition) is 2. The van der Waals surface area contributed by atoms with Gasteiger partial charge in [0.15, 0.2) is 0 Å². The van der Waals surface area contributed by atoms with Crippen molar-refractivity contribution >= 4 is 10.4 Å². The summed E-state index contributed by atoms with van der Waals surface area (Å²) in [6.45, 7) is 0. The van der Waals surface area contributed by atoms with Crippen molar-refractivity contribution in [1.29, 1.82) is 0 Å². The summed E-state index contributed by atoms with van der Waals surface area (Å²) in [5.41, 5.74) is 0. The first-order valence-corrected chi connectivity index (χ1v) is 2.10. The van der Waals surface area contributed by atoms with Crippen molar-refractivity contribution in [2.45, 2.75) is 0 Å². The molecule has 0 bridgehead atoms. The van der Waals surface area contributed by atoms with Gasteiger partial charge in [0.05, 0.1) is 0 Å². The van der Waals surface area contributed by atoms with Crippen molar-refractivity contribution in [1.82, 2.24) is 0 Å². The molecule has 1 radical (unpaired) electrons. The van der Waals surface area contributed by atoms with Crippen LogP contribution < -0.4 is 0 Å². The summed E-state index contributed by atoms with van der Waals surface area (Å²) in [6.07, 6.45) is 0. The molecule has 0 saturated heterocycles. The second-order valence-electron chi connectivity index (χ2n) is 0.448. The molecule has 4 nitrogen and oxygen atoms in total. The molecular formula is H2CuNiO4S. The molecule has 0 aromatic rings. The maximum atomic E-state index is 8.74. The van der Waals surface area contributed by atoms with Crippen LogP contribution >= 0.6 is 0 Å². The van der Waals surface area contributed by atoms with Crippen molar-refractivity contribution in [3.05, 3.63) is 0 Å². The monoisotopic (exact) mass is 219 g/mol. The van der Waals surface area contributed by atoms with Crippen molar-refractivity contribution < 1.29 is 51.1 Å². The number of hydrogen-bond acceptors (Lipinski definition) is 2. The molecule has 7 heavy (non-hydrogen) atoms. The summed E-state index contributed by atoms with van der Waals surface area (Å²) in [4.78, 5) is 0. The van der Waals surface area contributed by atoms with Gasteiger partial charge in [0, 0.05) is 33.6 Å². The second-order valence-corrected chi connectivity index (χ2v) is 1.34. The average Bonchev–Trinajstić information content (AvgIpc) is 0.722. The first kappa shape index (κ1) is 15.7. The predicted octanol–water partition coefficient (Wildman–Crippen LogP) is -0.658. The summed E-state index contributed by atoms with van der Waals surface area (Å²) in [5.74, 6) is 0. The Hall–Kier alpha value is 0.883. The minimum Gasteiger partial charge on any atom is -0.264 e. The van der Waals surface area contributed by atoms with Crippen LogP contribution in [0, 0.1) is 0 Å². The summed E-state index contributed by atoms with van der Waals surface area (Å²) in [5, 5.41) is 0. The molecule has 0 aliphatic carbocycles. The Morgan fingerprint density at radius 1 is 1.14 bits per heavy atom. The van der Waals surface area contributed by atoms with E-state index in [2.05, 4.69) is 0 Å². The molecule has 0 aliphatic heterocycles. The van der Waals surface area contributed by atoms with Crippen molar-refractivity contribution in [3.8, 4) is 0 Å². The molecule has 0 aromatic heterocycles. The van der Waals surface area contributed by atoms with E-state index in [1.54, 1.807) is 0 Å². The Bertz CT molecular complexity index is 94.9. The first-order chi connectivity index (χ1) is 2.00. The van der Waals surface area contributed by atoms with E-state index in [4.69, 9.17) is 17.5 Å². The van der Waals surface area contributed by atoms with Crippen LogP contribution in [0.2, 0.25) is 0 Å². The zero-order chi connectivity index (χ0) is 4.50. The summed E-state index contributed by atoms with van der Waals surface area (Å²) >= 11 is 0. The van der Waals surface area contributed by atoms with E-state index in [0.717, 1.165) is 0 Å². The standard InChI is InChI=1S/Cu.Ni.H2O4S/c;;1-5(2,3)4/h;;(H2,1,2,3,4). The molecule has 0 unspecified atom stereocenters. The van der Waals surface area contributed by atoms with E-state index in [1.807, 2.05) is 0 Å². The van der Waals surface area contributed by atoms with Crippen LogP contribution in [-0.2, 0) is 44.0 Å². The minimum absolute atomic E-state index is 0. The van der Waals surface area contributed by atoms with Gasteiger partial charge in [-0.05, 0) is 0 Å². The van der Waals surface area contributed by atoms with Gasteiger partial charge in [-0.15, -0.1) is 0 Å². The Kier molecular flexibility index (Phi) is 11.3. The maximum absolute atomic E-state index is 8.74. The van der Waals surface area contributed by atoms with Gasteiger partial charge in [0.2, 0.25) is 0 Å². The van der Waals surface area contributed by atoms with Crippen LogP contribution in [0.3, 0.4) is 0 Å². The molecule has 0 aromatic carbocycles. The first-order valence-electron chi connectivity index (χ1n) is 0.698. The quantitative estimate of drug-likeness (QED) is 0.420. The van der Waals surface area contributed by atoms with Crippen LogP contribution in [0.25, 0.3) is 0 Å². The van der Waals surface area contributed by atoms with E-state index >= 15 is 0 Å². The third-order valence-electron chi connectivity index (χ3n) is 0. The van der Waals surface area contributed by atoms with Crippen LogP contribution in [-0.4, -0.2) is 17.5 Å². The summed E-state index contributed by atoms with van der Waals surface area (Å²) in [6, 6.07) is 0. The zero-order valence-corrected chi connectivity index (χ0v) is 5.48. The van der Waals surface area contributed by atoms with Gasteiger partial charge in [-0.1, -0.05) is 0 Å². The van der Waals surface area contributed by atoms with Crippen LogP contribution in [0.5, 0.6) is 0 Å². The molecule has 0 rings (SSSR count). The fraction of sp³-hybridized carbons (Fsp3) is 0. The topological polar surface area (TPSA) is 74.6 Å². The molecular weight excluding hydrogens is 218 g/mol. The van der Waals surface area contributed by atoms with Gasteiger partial charge in [-0.2, -0.15) is 8.42 Å². The van der Waals surface area contributed by atoms with Crippen LogP contribution in [0.15, 0.2) is 0 Å². The van der Waals surface area contributed by atoms with E-state index in [0.29, 0.717) is 0 Å². The third-order valence-corrected chi connectivity index (χ3v) is 0. The van der Waals surface area contributed by atoms with Crippen LogP contribution in [0.1, 0.15) is 0 Å². The molecule has 0 aliphatic rings. The maximum Gasteiger partial charge on any atom is 0.394 e. The molecule has 0 spiro atoms. The SMILES string of the molecule is O=S(=O)(O)O.[Cu].[Ni]. The normalized spacial score (nSPS) is 8.29. The van der Waals surface area contributed by atoms with Crippen molar-refractivity contribution in [2.75, 3.05) is 0 Å². The Balaban J connectivity index is -0.0000000800. The van der Waals surface area contributed by atoms with Gasteiger partial charge in [0.1, 0.15) is 0 Å². The van der Waals surface area contributed by atoms with E-state index < -0.39 is 10.4 Å². The molecule has 0 saturated carbocycles. The molecule has 53 valence electrons. The second kappa shape index (κ2) is 5.03. The molecule has 0 amide bonds. The Morgan fingerprint density at radius 2 is 1.14 bits per heavy atom. The smallest absolute Gasteiger partial charge is 0.264 e. The molecule has 0 atom stereocenters. The van der Waals surface area contributed by atoms with Crippen LogP contribution in [0.4, 0.5) is 0 Å². The predicted molar refractivity (Wildman–Crippen MR) is 14.2 cm³/mol. The zero-order valence-electron chi connectivity index (χ0n) is 2.74. The molecule has 0 fully saturated rings. The molecule has 2 N–H and O–H groups in total. The van der Waals surface area contributed by atoms with Gasteiger partial charge in [0.25, 0.3) is 0 Å². The number of rotatable bonds is 0. The molecule has 0 heterocycles. The fourth-order valence-electron chi connectivity index (χ4n) is 0. The Morgan fingerprint density at radius 3 is 1.14 bits per heavy atom. The van der Waals surface area contributed by atoms with E-state index in [1.165, 1.54) is 0 Å². The largest absolute Gasteiger partial charge is 0.394 e. The third kappa shape index (κ3) is 210. The van der Waals surface area contributed by atoms with Gasteiger partial charge in [-0.3, -0.25) is 9.11 Å². The van der Waals surface area contributed by atoms with Gasteiger partial charge in [-0.25, -0.2) is 0 Å². The summed E-state index contributed by atoms with van der Waals surface area (Å²) < 4.78 is 31.6. The van der Waals surface area contributed by atoms with E-state index in [-0.39, 0.29) is 33.6 Å². The van der Waals surface area contributed by atoms with Gasteiger partial charge >= 0.3 is 10.4 Å². The van der Waals surface area contributed by atoms with Crippen molar-refractivity contribution in [2.24, 2.45) is 0 Å². The summed E-state index contributed by atoms with van der Waals surface area (Å²) in [7, 11) is -4.67. The average molecular weight is 220 g/mol. The van der Waals surface area contributed by atoms with Crippen molar-refractivity contribution in [3.63, 3.8) is 0 Å². The Labute approximate surface area is 61.6 Å². The molecule has 7 heteroatoms. The fourth-order valence-corrected chi connectivity index (χ4v) is 0. The minimum atomic E-state index is -4.67. The van der Waals surface area contributed by atoms with Gasteiger partial charge < -0.3 is 0 Å². The van der Waals surface area contributed by atoms with E-state index in [9.17, 15) is 0 Å².